The van der Waals surface area contributed by atoms with Crippen molar-refractivity contribution in [3.05, 3.63) is 23.8 Å². The van der Waals surface area contributed by atoms with Crippen LogP contribution < -0.4 is 20.9 Å². The molecule has 0 aliphatic rings. The van der Waals surface area contributed by atoms with Crippen LogP contribution in [0.15, 0.2) is 18.2 Å². The van der Waals surface area contributed by atoms with E-state index in [1.165, 1.54) is 0 Å². The third-order valence-corrected chi connectivity index (χ3v) is 2.73. The van der Waals surface area contributed by atoms with E-state index in [1.807, 2.05) is 26.0 Å². The Labute approximate surface area is 113 Å². The van der Waals surface area contributed by atoms with E-state index in [2.05, 4.69) is 0 Å². The highest BCUT2D eigenvalue weighted by Crippen LogP contribution is 2.32. The monoisotopic (exact) mass is 266 g/mol. The van der Waals surface area contributed by atoms with Gasteiger partial charge < -0.3 is 20.9 Å². The quantitative estimate of drug-likeness (QED) is 0.740. The highest BCUT2D eigenvalue weighted by molar-refractivity contribution is 5.75. The van der Waals surface area contributed by atoms with Crippen LogP contribution in [0, 0.1) is 0 Å². The number of benzene rings is 1. The molecule has 1 rings (SSSR count). The molecular formula is C14H22N2O3. The highest BCUT2D eigenvalue weighted by atomic mass is 16.5. The average Bonchev–Trinajstić information content (AvgIpc) is 2.38. The Balaban J connectivity index is 2.98. The van der Waals surface area contributed by atoms with Gasteiger partial charge in [-0.1, -0.05) is 19.1 Å². The van der Waals surface area contributed by atoms with Crippen molar-refractivity contribution in [1.82, 2.24) is 0 Å². The van der Waals surface area contributed by atoms with E-state index < -0.39 is 5.91 Å². The minimum Gasteiger partial charge on any atom is -0.490 e. The van der Waals surface area contributed by atoms with Crippen molar-refractivity contribution in [2.24, 2.45) is 11.5 Å². The molecule has 0 saturated carbocycles. The number of hydrogen-bond acceptors (Lipinski definition) is 4. The summed E-state index contributed by atoms with van der Waals surface area (Å²) in [6.07, 6.45) is 1.54. The van der Waals surface area contributed by atoms with Crippen LogP contribution in [0.25, 0.3) is 0 Å². The Hall–Kier alpha value is -1.75. The van der Waals surface area contributed by atoms with Crippen molar-refractivity contribution in [3.8, 4) is 11.5 Å². The van der Waals surface area contributed by atoms with Crippen LogP contribution in [0.4, 0.5) is 0 Å². The second-order valence-electron chi connectivity index (χ2n) is 4.30. The summed E-state index contributed by atoms with van der Waals surface area (Å²) in [6.45, 7) is 4.28. The lowest BCUT2D eigenvalue weighted by Gasteiger charge is -2.17. The number of ether oxygens (including phenoxy) is 2. The van der Waals surface area contributed by atoms with Crippen LogP contribution in [-0.2, 0) is 11.2 Å². The van der Waals surface area contributed by atoms with Gasteiger partial charge in [0.15, 0.2) is 18.1 Å². The molecular weight excluding hydrogens is 244 g/mol. The van der Waals surface area contributed by atoms with Crippen molar-refractivity contribution in [1.29, 1.82) is 0 Å². The molecule has 1 atom stereocenters. The summed E-state index contributed by atoms with van der Waals surface area (Å²) in [7, 11) is 0. The van der Waals surface area contributed by atoms with Gasteiger partial charge in [-0.3, -0.25) is 4.79 Å². The molecule has 0 aromatic heterocycles. The minimum atomic E-state index is -0.517. The number of carbonyl (C=O) groups excluding carboxylic acids is 1. The molecule has 0 heterocycles. The predicted octanol–water partition coefficient (Wildman–Crippen LogP) is 1.23. The van der Waals surface area contributed by atoms with E-state index in [9.17, 15) is 4.79 Å². The lowest BCUT2D eigenvalue weighted by atomic mass is 10.0. The second kappa shape index (κ2) is 7.63. The van der Waals surface area contributed by atoms with Crippen LogP contribution in [0.5, 0.6) is 11.5 Å². The zero-order valence-electron chi connectivity index (χ0n) is 11.5. The first-order chi connectivity index (χ1) is 9.08. The lowest BCUT2D eigenvalue weighted by molar-refractivity contribution is -0.119. The smallest absolute Gasteiger partial charge is 0.255 e. The fraction of sp³-hybridized carbons (Fsp3) is 0.500. The molecule has 5 heteroatoms. The van der Waals surface area contributed by atoms with Crippen molar-refractivity contribution < 1.29 is 14.3 Å². The first kappa shape index (κ1) is 15.3. The topological polar surface area (TPSA) is 87.6 Å². The first-order valence-electron chi connectivity index (χ1n) is 6.49. The summed E-state index contributed by atoms with van der Waals surface area (Å²) in [6, 6.07) is 5.67. The van der Waals surface area contributed by atoms with E-state index in [0.717, 1.165) is 12.0 Å². The molecule has 0 saturated heterocycles. The van der Waals surface area contributed by atoms with E-state index in [-0.39, 0.29) is 12.6 Å². The third-order valence-electron chi connectivity index (χ3n) is 2.73. The van der Waals surface area contributed by atoms with Crippen LogP contribution >= 0.6 is 0 Å². The SMILES string of the molecule is CCOc1cccc(CC(N)CC)c1OCC(N)=O. The van der Waals surface area contributed by atoms with Gasteiger partial charge in [-0.25, -0.2) is 0 Å². The van der Waals surface area contributed by atoms with E-state index in [4.69, 9.17) is 20.9 Å². The van der Waals surface area contributed by atoms with Crippen LogP contribution in [-0.4, -0.2) is 25.2 Å². The molecule has 0 bridgehead atoms. The number of hydrogen-bond donors (Lipinski definition) is 2. The number of primary amides is 1. The Kier molecular flexibility index (Phi) is 6.15. The number of para-hydroxylation sites is 1. The number of carbonyl (C=O) groups is 1. The summed E-state index contributed by atoms with van der Waals surface area (Å²) in [5.74, 6) is 0.661. The van der Waals surface area contributed by atoms with E-state index in [1.54, 1.807) is 6.07 Å². The van der Waals surface area contributed by atoms with Gasteiger partial charge in [-0.2, -0.15) is 0 Å². The summed E-state index contributed by atoms with van der Waals surface area (Å²) in [5.41, 5.74) is 12.0. The molecule has 1 unspecified atom stereocenters. The van der Waals surface area contributed by atoms with Crippen LogP contribution in [0.1, 0.15) is 25.8 Å². The van der Waals surface area contributed by atoms with Gasteiger partial charge in [0.2, 0.25) is 0 Å². The van der Waals surface area contributed by atoms with Gasteiger partial charge in [0.05, 0.1) is 6.61 Å². The molecule has 1 amide bonds. The second-order valence-corrected chi connectivity index (χ2v) is 4.30. The Bertz CT molecular complexity index is 421. The Morgan fingerprint density at radius 3 is 2.63 bits per heavy atom. The zero-order valence-corrected chi connectivity index (χ0v) is 11.5. The average molecular weight is 266 g/mol. The fourth-order valence-electron chi connectivity index (χ4n) is 1.73. The van der Waals surface area contributed by atoms with Gasteiger partial charge in [-0.15, -0.1) is 0 Å². The van der Waals surface area contributed by atoms with E-state index in [0.29, 0.717) is 24.5 Å². The largest absolute Gasteiger partial charge is 0.490 e. The maximum Gasteiger partial charge on any atom is 0.255 e. The maximum absolute atomic E-state index is 10.9. The molecule has 0 aliphatic carbocycles. The number of rotatable bonds is 8. The molecule has 19 heavy (non-hydrogen) atoms. The fourth-order valence-corrected chi connectivity index (χ4v) is 1.73. The Morgan fingerprint density at radius 2 is 2.05 bits per heavy atom. The molecule has 1 aromatic carbocycles. The molecule has 0 radical (unpaired) electrons. The van der Waals surface area contributed by atoms with Gasteiger partial charge in [-0.05, 0) is 31.4 Å². The van der Waals surface area contributed by atoms with E-state index >= 15 is 0 Å². The molecule has 5 nitrogen and oxygen atoms in total. The summed E-state index contributed by atoms with van der Waals surface area (Å²) in [5, 5.41) is 0. The maximum atomic E-state index is 10.9. The van der Waals surface area contributed by atoms with Crippen LogP contribution in [0.3, 0.4) is 0 Å². The van der Waals surface area contributed by atoms with Crippen molar-refractivity contribution in [2.45, 2.75) is 32.7 Å². The van der Waals surface area contributed by atoms with Crippen molar-refractivity contribution >= 4 is 5.91 Å². The molecule has 0 fully saturated rings. The normalized spacial score (nSPS) is 11.9. The lowest BCUT2D eigenvalue weighted by Crippen LogP contribution is -2.23. The first-order valence-corrected chi connectivity index (χ1v) is 6.49. The molecule has 106 valence electrons. The number of nitrogens with two attached hydrogens (primary N) is 2. The van der Waals surface area contributed by atoms with Gasteiger partial charge in [0.25, 0.3) is 5.91 Å². The van der Waals surface area contributed by atoms with Gasteiger partial charge in [0.1, 0.15) is 0 Å². The van der Waals surface area contributed by atoms with Crippen LogP contribution in [0.2, 0.25) is 0 Å². The molecule has 4 N–H and O–H groups in total. The highest BCUT2D eigenvalue weighted by Gasteiger charge is 2.14. The third kappa shape index (κ3) is 4.79. The Morgan fingerprint density at radius 1 is 1.32 bits per heavy atom. The summed E-state index contributed by atoms with van der Waals surface area (Å²) < 4.78 is 11.0. The minimum absolute atomic E-state index is 0.0489. The molecule has 1 aromatic rings. The number of amides is 1. The van der Waals surface area contributed by atoms with Crippen molar-refractivity contribution in [3.63, 3.8) is 0 Å². The van der Waals surface area contributed by atoms with Gasteiger partial charge in [0, 0.05) is 6.04 Å². The summed E-state index contributed by atoms with van der Waals surface area (Å²) >= 11 is 0. The standard InChI is InChI=1S/C14H22N2O3/c1-3-11(15)8-10-6-5-7-12(18-4-2)14(10)19-9-13(16)17/h5-7,11H,3-4,8-9,15H2,1-2H3,(H2,16,17). The van der Waals surface area contributed by atoms with Crippen molar-refractivity contribution in [2.75, 3.05) is 13.2 Å². The zero-order chi connectivity index (χ0) is 14.3. The molecule has 0 aliphatic heterocycles. The summed E-state index contributed by atoms with van der Waals surface area (Å²) in [4.78, 5) is 10.9. The molecule has 0 spiro atoms. The van der Waals surface area contributed by atoms with Gasteiger partial charge >= 0.3 is 0 Å². The predicted molar refractivity (Wildman–Crippen MR) is 74.3 cm³/mol.